The van der Waals surface area contributed by atoms with Gasteiger partial charge in [-0.15, -0.1) is 0 Å². The van der Waals surface area contributed by atoms with Crippen molar-refractivity contribution in [3.8, 4) is 11.1 Å². The zero-order valence-corrected chi connectivity index (χ0v) is 26.1. The summed E-state index contributed by atoms with van der Waals surface area (Å²) >= 11 is 0. The van der Waals surface area contributed by atoms with Crippen LogP contribution in [0.1, 0.15) is 59.1 Å². The average Bonchev–Trinajstić information content (AvgIpc) is 3.61. The molecule has 1 unspecified atom stereocenters. The third-order valence-corrected chi connectivity index (χ3v) is 9.27. The second kappa shape index (κ2) is 11.7. The monoisotopic (exact) mass is 588 g/mol. The van der Waals surface area contributed by atoms with E-state index in [1.54, 1.807) is 19.0 Å². The first-order chi connectivity index (χ1) is 21.4. The van der Waals surface area contributed by atoms with Crippen molar-refractivity contribution in [3.63, 3.8) is 0 Å². The summed E-state index contributed by atoms with van der Waals surface area (Å²) in [5.74, 6) is 0.0393. The molecule has 1 amide bonds. The van der Waals surface area contributed by atoms with Crippen LogP contribution < -0.4 is 0 Å². The topological polar surface area (TPSA) is 68.4 Å². The maximum absolute atomic E-state index is 12.4. The summed E-state index contributed by atoms with van der Waals surface area (Å²) in [6.07, 6.45) is 10.6. The zero-order valence-electron chi connectivity index (χ0n) is 26.1. The standard InChI is InChI=1S/C36H40N6O2/c1-24-19-27(36(43)39(2)3)8-10-30(24)25-13-16-41(17-14-25)23-29-21-32-31(12-15-37-35(32)40(29)4)26-9-11-33-28(20-26)22-38-42(33)34-7-5-6-18-44-34/h8-13,15,19-22,34H,5-7,14,16-18,23H2,1-4H3. The van der Waals surface area contributed by atoms with Gasteiger partial charge in [0.25, 0.3) is 5.91 Å². The van der Waals surface area contributed by atoms with E-state index in [0.29, 0.717) is 0 Å². The normalized spacial score (nSPS) is 17.7. The van der Waals surface area contributed by atoms with Crippen LogP contribution in [0, 0.1) is 6.92 Å². The lowest BCUT2D eigenvalue weighted by Gasteiger charge is -2.27. The molecule has 8 heteroatoms. The molecule has 2 aromatic carbocycles. The molecular formula is C36H40N6O2. The van der Waals surface area contributed by atoms with Crippen LogP contribution in [0.4, 0.5) is 0 Å². The van der Waals surface area contributed by atoms with Gasteiger partial charge in [-0.05, 0) is 96.8 Å². The summed E-state index contributed by atoms with van der Waals surface area (Å²) in [5.41, 5.74) is 10.2. The molecule has 2 aliphatic rings. The number of benzene rings is 2. The fraction of sp³-hybridized carbons (Fsp3) is 0.361. The highest BCUT2D eigenvalue weighted by Crippen LogP contribution is 2.34. The summed E-state index contributed by atoms with van der Waals surface area (Å²) in [5, 5.41) is 6.99. The minimum Gasteiger partial charge on any atom is -0.356 e. The quantitative estimate of drug-likeness (QED) is 0.224. The molecule has 8 nitrogen and oxygen atoms in total. The van der Waals surface area contributed by atoms with Crippen LogP contribution in [0.5, 0.6) is 0 Å². The minimum absolute atomic E-state index is 0.0282. The van der Waals surface area contributed by atoms with Crippen molar-refractivity contribution in [2.24, 2.45) is 7.05 Å². The molecule has 0 bridgehead atoms. The predicted octanol–water partition coefficient (Wildman–Crippen LogP) is 6.59. The van der Waals surface area contributed by atoms with E-state index in [2.05, 4.69) is 65.9 Å². The van der Waals surface area contributed by atoms with Crippen LogP contribution in [0.2, 0.25) is 0 Å². The summed E-state index contributed by atoms with van der Waals surface area (Å²) < 4.78 is 10.3. The van der Waals surface area contributed by atoms with Gasteiger partial charge in [0, 0.05) is 75.6 Å². The van der Waals surface area contributed by atoms with Gasteiger partial charge in [0.05, 0.1) is 11.7 Å². The van der Waals surface area contributed by atoms with E-state index >= 15 is 0 Å². The first-order valence-electron chi connectivity index (χ1n) is 15.6. The molecule has 5 heterocycles. The van der Waals surface area contributed by atoms with Gasteiger partial charge in [0.15, 0.2) is 6.23 Å². The number of fused-ring (bicyclic) bond motifs is 2. The molecular weight excluding hydrogens is 548 g/mol. The number of hydrogen-bond donors (Lipinski definition) is 0. The fourth-order valence-electron chi connectivity index (χ4n) is 6.79. The predicted molar refractivity (Wildman–Crippen MR) is 175 cm³/mol. The Morgan fingerprint density at radius 3 is 2.70 bits per heavy atom. The van der Waals surface area contributed by atoms with E-state index in [-0.39, 0.29) is 12.1 Å². The van der Waals surface area contributed by atoms with Gasteiger partial charge in [-0.25, -0.2) is 9.67 Å². The van der Waals surface area contributed by atoms with Crippen LogP contribution in [0.25, 0.3) is 38.6 Å². The molecule has 0 spiro atoms. The Kier molecular flexibility index (Phi) is 7.56. The molecule has 5 aromatic rings. The molecule has 2 aliphatic heterocycles. The SMILES string of the molecule is Cc1cc(C(=O)N(C)C)ccc1C1=CCN(Cc2cc3c(-c4ccc5c(cnn5C5CCCCO5)c4)ccnc3n2C)CC1. The molecule has 0 saturated carbocycles. The van der Waals surface area contributed by atoms with Gasteiger partial charge in [-0.1, -0.05) is 18.2 Å². The molecule has 44 heavy (non-hydrogen) atoms. The van der Waals surface area contributed by atoms with Gasteiger partial charge in [-0.2, -0.15) is 5.10 Å². The van der Waals surface area contributed by atoms with Gasteiger partial charge >= 0.3 is 0 Å². The highest BCUT2D eigenvalue weighted by molar-refractivity contribution is 5.97. The number of pyridine rings is 1. The van der Waals surface area contributed by atoms with Crippen molar-refractivity contribution >= 4 is 33.4 Å². The zero-order chi connectivity index (χ0) is 30.4. The van der Waals surface area contributed by atoms with Crippen LogP contribution >= 0.6 is 0 Å². The molecule has 0 N–H and O–H groups in total. The summed E-state index contributed by atoms with van der Waals surface area (Å²) in [4.78, 5) is 21.3. The molecule has 0 radical (unpaired) electrons. The number of hydrogen-bond acceptors (Lipinski definition) is 5. The van der Waals surface area contributed by atoms with Crippen LogP contribution in [-0.2, 0) is 18.3 Å². The van der Waals surface area contributed by atoms with E-state index in [1.807, 2.05) is 29.2 Å². The molecule has 7 rings (SSSR count). The van der Waals surface area contributed by atoms with Crippen LogP contribution in [0.3, 0.4) is 0 Å². The highest BCUT2D eigenvalue weighted by atomic mass is 16.5. The summed E-state index contributed by atoms with van der Waals surface area (Å²) in [7, 11) is 5.70. The minimum atomic E-state index is 0.0282. The number of ether oxygens (including phenoxy) is 1. The smallest absolute Gasteiger partial charge is 0.253 e. The second-order valence-electron chi connectivity index (χ2n) is 12.4. The van der Waals surface area contributed by atoms with E-state index in [9.17, 15) is 4.79 Å². The Bertz CT molecular complexity index is 1890. The lowest BCUT2D eigenvalue weighted by atomic mass is 9.94. The summed E-state index contributed by atoms with van der Waals surface area (Å²) in [6.45, 7) is 5.64. The van der Waals surface area contributed by atoms with E-state index in [4.69, 9.17) is 14.8 Å². The Morgan fingerprint density at radius 1 is 1.07 bits per heavy atom. The summed E-state index contributed by atoms with van der Waals surface area (Å²) in [6, 6.07) is 17.1. The van der Waals surface area contributed by atoms with Crippen molar-refractivity contribution in [3.05, 3.63) is 89.4 Å². The van der Waals surface area contributed by atoms with Crippen molar-refractivity contribution < 1.29 is 9.53 Å². The highest BCUT2D eigenvalue weighted by Gasteiger charge is 2.21. The third-order valence-electron chi connectivity index (χ3n) is 9.27. The molecule has 1 fully saturated rings. The Hall–Kier alpha value is -4.27. The number of aromatic nitrogens is 4. The number of carbonyl (C=O) groups excluding carboxylic acids is 1. The lowest BCUT2D eigenvalue weighted by molar-refractivity contribution is -0.0366. The first kappa shape index (κ1) is 28.5. The number of aryl methyl sites for hydroxylation is 2. The lowest BCUT2D eigenvalue weighted by Crippen LogP contribution is -2.29. The first-order valence-corrected chi connectivity index (χ1v) is 15.6. The number of carbonyl (C=O) groups is 1. The van der Waals surface area contributed by atoms with Crippen molar-refractivity contribution in [1.82, 2.24) is 29.1 Å². The van der Waals surface area contributed by atoms with Crippen molar-refractivity contribution in [2.45, 2.75) is 45.4 Å². The Labute approximate surface area is 258 Å². The van der Waals surface area contributed by atoms with E-state index < -0.39 is 0 Å². The van der Waals surface area contributed by atoms with E-state index in [1.165, 1.54) is 39.8 Å². The maximum Gasteiger partial charge on any atom is 0.253 e. The van der Waals surface area contributed by atoms with Gasteiger partial charge in [-0.3, -0.25) is 9.69 Å². The fourth-order valence-corrected chi connectivity index (χ4v) is 6.79. The van der Waals surface area contributed by atoms with Gasteiger partial charge in [0.2, 0.25) is 0 Å². The molecule has 1 saturated heterocycles. The van der Waals surface area contributed by atoms with Crippen LogP contribution in [-0.4, -0.2) is 68.8 Å². The number of rotatable bonds is 6. The Balaban J connectivity index is 1.10. The van der Waals surface area contributed by atoms with Crippen LogP contribution in [0.15, 0.2) is 67.0 Å². The molecule has 3 aromatic heterocycles. The third kappa shape index (κ3) is 5.22. The molecule has 1 atom stereocenters. The van der Waals surface area contributed by atoms with Gasteiger partial charge in [0.1, 0.15) is 5.65 Å². The maximum atomic E-state index is 12.4. The van der Waals surface area contributed by atoms with E-state index in [0.717, 1.165) is 73.2 Å². The Morgan fingerprint density at radius 2 is 1.95 bits per heavy atom. The molecule has 0 aliphatic carbocycles. The number of amides is 1. The largest absolute Gasteiger partial charge is 0.356 e. The number of nitrogens with zero attached hydrogens (tertiary/aromatic N) is 6. The van der Waals surface area contributed by atoms with Crippen molar-refractivity contribution in [2.75, 3.05) is 33.8 Å². The second-order valence-corrected chi connectivity index (χ2v) is 12.4. The average molecular weight is 589 g/mol. The van der Waals surface area contributed by atoms with Gasteiger partial charge < -0.3 is 14.2 Å². The molecule has 226 valence electrons. The van der Waals surface area contributed by atoms with Crippen molar-refractivity contribution in [1.29, 1.82) is 0 Å².